The van der Waals surface area contributed by atoms with Crippen molar-refractivity contribution in [3.63, 3.8) is 0 Å². The van der Waals surface area contributed by atoms with Crippen molar-refractivity contribution in [3.8, 4) is 0 Å². The van der Waals surface area contributed by atoms with E-state index in [4.69, 9.17) is 16.0 Å². The Kier molecular flexibility index (Phi) is 6.44. The summed E-state index contributed by atoms with van der Waals surface area (Å²) in [6.07, 6.45) is 1.68. The Labute approximate surface area is 185 Å². The molecule has 0 radical (unpaired) electrons. The number of nitrogens with one attached hydrogen (secondary N) is 1. The predicted molar refractivity (Wildman–Crippen MR) is 122 cm³/mol. The molecule has 3 heterocycles. The molecule has 3 aromatic rings. The molecule has 1 fully saturated rings. The monoisotopic (exact) mass is 440 g/mol. The van der Waals surface area contributed by atoms with Crippen LogP contribution in [0, 0.1) is 0 Å². The molecule has 0 saturated carbocycles. The molecule has 0 bridgehead atoms. The van der Waals surface area contributed by atoms with E-state index >= 15 is 0 Å². The van der Waals surface area contributed by atoms with E-state index in [1.165, 1.54) is 10.6 Å². The van der Waals surface area contributed by atoms with Crippen LogP contribution in [0.15, 0.2) is 63.9 Å². The molecular formula is C23H25ClN4O3. The summed E-state index contributed by atoms with van der Waals surface area (Å²) < 4.78 is 7.22. The average molecular weight is 441 g/mol. The Bertz CT molecular complexity index is 1120. The summed E-state index contributed by atoms with van der Waals surface area (Å²) >= 11 is 6.21. The van der Waals surface area contributed by atoms with Crippen molar-refractivity contribution in [2.75, 3.05) is 42.9 Å². The minimum atomic E-state index is -0.359. The van der Waals surface area contributed by atoms with Gasteiger partial charge in [-0.25, -0.2) is 0 Å². The van der Waals surface area contributed by atoms with Gasteiger partial charge in [0.05, 0.1) is 17.9 Å². The van der Waals surface area contributed by atoms with E-state index < -0.39 is 0 Å². The van der Waals surface area contributed by atoms with E-state index in [2.05, 4.69) is 22.0 Å². The van der Waals surface area contributed by atoms with Gasteiger partial charge in [0.15, 0.2) is 5.76 Å². The maximum absolute atomic E-state index is 12.8. The maximum atomic E-state index is 12.8. The lowest BCUT2D eigenvalue weighted by Gasteiger charge is -2.36. The summed E-state index contributed by atoms with van der Waals surface area (Å²) in [6, 6.07) is 13.8. The number of rotatable bonds is 6. The number of piperazine rings is 1. The SMILES string of the molecule is CCN1CCN(c2ccc(Cl)cc2NC(=O)c2ccc(Cn3ccccc3=O)o2)CC1. The lowest BCUT2D eigenvalue weighted by molar-refractivity contribution is 0.0994. The minimum Gasteiger partial charge on any atom is -0.454 e. The van der Waals surface area contributed by atoms with Gasteiger partial charge in [-0.1, -0.05) is 24.6 Å². The van der Waals surface area contributed by atoms with Crippen molar-refractivity contribution >= 4 is 28.9 Å². The van der Waals surface area contributed by atoms with Gasteiger partial charge in [-0.05, 0) is 42.9 Å². The van der Waals surface area contributed by atoms with Crippen LogP contribution in [-0.2, 0) is 6.54 Å². The summed E-state index contributed by atoms with van der Waals surface area (Å²) in [5, 5.41) is 3.49. The van der Waals surface area contributed by atoms with E-state index in [9.17, 15) is 9.59 Å². The molecule has 0 unspecified atom stereocenters. The summed E-state index contributed by atoms with van der Waals surface area (Å²) in [6.45, 7) is 7.18. The number of hydrogen-bond donors (Lipinski definition) is 1. The third-order valence-electron chi connectivity index (χ3n) is 5.48. The summed E-state index contributed by atoms with van der Waals surface area (Å²) in [5.41, 5.74) is 1.47. The molecule has 1 aromatic carbocycles. The van der Waals surface area contributed by atoms with Gasteiger partial charge < -0.3 is 24.1 Å². The highest BCUT2D eigenvalue weighted by molar-refractivity contribution is 6.31. The highest BCUT2D eigenvalue weighted by Crippen LogP contribution is 2.30. The van der Waals surface area contributed by atoms with E-state index in [-0.39, 0.29) is 23.8 Å². The Morgan fingerprint density at radius 3 is 2.65 bits per heavy atom. The van der Waals surface area contributed by atoms with Crippen molar-refractivity contribution < 1.29 is 9.21 Å². The van der Waals surface area contributed by atoms with Crippen molar-refractivity contribution in [1.29, 1.82) is 0 Å². The van der Waals surface area contributed by atoms with E-state index in [1.54, 1.807) is 36.5 Å². The number of amides is 1. The minimum absolute atomic E-state index is 0.128. The van der Waals surface area contributed by atoms with Crippen LogP contribution in [0.5, 0.6) is 0 Å². The maximum Gasteiger partial charge on any atom is 0.291 e. The molecule has 162 valence electrons. The summed E-state index contributed by atoms with van der Waals surface area (Å²) in [5.74, 6) is 0.350. The van der Waals surface area contributed by atoms with Gasteiger partial charge in [-0.15, -0.1) is 0 Å². The van der Waals surface area contributed by atoms with Crippen molar-refractivity contribution in [3.05, 3.63) is 81.6 Å². The molecule has 4 rings (SSSR count). The van der Waals surface area contributed by atoms with Crippen LogP contribution in [-0.4, -0.2) is 48.1 Å². The second-order valence-corrected chi connectivity index (χ2v) is 7.91. The Hall–Kier alpha value is -3.03. The summed E-state index contributed by atoms with van der Waals surface area (Å²) in [7, 11) is 0. The number of likely N-dealkylation sites (N-methyl/N-ethyl adjacent to an activating group) is 1. The van der Waals surface area contributed by atoms with Crippen LogP contribution in [0.3, 0.4) is 0 Å². The molecule has 31 heavy (non-hydrogen) atoms. The van der Waals surface area contributed by atoms with Gasteiger partial charge in [-0.3, -0.25) is 9.59 Å². The van der Waals surface area contributed by atoms with Gasteiger partial charge in [0.1, 0.15) is 5.76 Å². The van der Waals surface area contributed by atoms with E-state index in [0.717, 1.165) is 38.4 Å². The third kappa shape index (κ3) is 5.00. The molecule has 1 aliphatic heterocycles. The van der Waals surface area contributed by atoms with Gasteiger partial charge in [-0.2, -0.15) is 0 Å². The second kappa shape index (κ2) is 9.41. The number of halogens is 1. The standard InChI is InChI=1S/C23H25ClN4O3/c1-2-26-11-13-27(14-12-26)20-8-6-17(24)15-19(20)25-23(30)21-9-7-18(31-21)16-28-10-4-3-5-22(28)29/h3-10,15H,2,11-14,16H2,1H3,(H,25,30). The molecular weight excluding hydrogens is 416 g/mol. The fourth-order valence-electron chi connectivity index (χ4n) is 3.72. The molecule has 1 N–H and O–H groups in total. The molecule has 8 heteroatoms. The third-order valence-corrected chi connectivity index (χ3v) is 5.71. The number of carbonyl (C=O) groups excluding carboxylic acids is 1. The van der Waals surface area contributed by atoms with Gasteiger partial charge in [0.25, 0.3) is 11.5 Å². The molecule has 1 saturated heterocycles. The van der Waals surface area contributed by atoms with Crippen LogP contribution in [0.2, 0.25) is 5.02 Å². The van der Waals surface area contributed by atoms with Crippen LogP contribution in [0.4, 0.5) is 11.4 Å². The molecule has 1 aliphatic rings. The van der Waals surface area contributed by atoms with Crippen molar-refractivity contribution in [2.24, 2.45) is 0 Å². The lowest BCUT2D eigenvalue weighted by atomic mass is 10.2. The molecule has 7 nitrogen and oxygen atoms in total. The van der Waals surface area contributed by atoms with Gasteiger partial charge in [0.2, 0.25) is 0 Å². The van der Waals surface area contributed by atoms with Gasteiger partial charge in [0, 0.05) is 43.5 Å². The topological polar surface area (TPSA) is 70.7 Å². The normalized spacial score (nSPS) is 14.6. The highest BCUT2D eigenvalue weighted by Gasteiger charge is 2.20. The first-order valence-electron chi connectivity index (χ1n) is 10.4. The molecule has 0 spiro atoms. The fourth-order valence-corrected chi connectivity index (χ4v) is 3.89. The number of benzene rings is 1. The van der Waals surface area contributed by atoms with E-state index in [0.29, 0.717) is 16.5 Å². The largest absolute Gasteiger partial charge is 0.454 e. The second-order valence-electron chi connectivity index (χ2n) is 7.47. The van der Waals surface area contributed by atoms with Crippen LogP contribution < -0.4 is 15.8 Å². The fraction of sp³-hybridized carbons (Fsp3) is 0.304. The lowest BCUT2D eigenvalue weighted by Crippen LogP contribution is -2.46. The first-order valence-corrected chi connectivity index (χ1v) is 10.7. The molecule has 0 atom stereocenters. The number of hydrogen-bond acceptors (Lipinski definition) is 5. The van der Waals surface area contributed by atoms with Crippen molar-refractivity contribution in [2.45, 2.75) is 13.5 Å². The van der Waals surface area contributed by atoms with Crippen LogP contribution in [0.25, 0.3) is 0 Å². The average Bonchev–Trinajstić information content (AvgIpc) is 3.24. The van der Waals surface area contributed by atoms with Gasteiger partial charge >= 0.3 is 0 Å². The number of furan rings is 1. The zero-order valence-corrected chi connectivity index (χ0v) is 18.1. The highest BCUT2D eigenvalue weighted by atomic mass is 35.5. The molecule has 2 aromatic heterocycles. The van der Waals surface area contributed by atoms with Crippen LogP contribution in [0.1, 0.15) is 23.2 Å². The Morgan fingerprint density at radius 2 is 1.90 bits per heavy atom. The zero-order valence-electron chi connectivity index (χ0n) is 17.4. The first-order chi connectivity index (χ1) is 15.0. The zero-order chi connectivity index (χ0) is 21.8. The van der Waals surface area contributed by atoms with Crippen LogP contribution >= 0.6 is 11.6 Å². The molecule has 0 aliphatic carbocycles. The number of pyridine rings is 1. The number of nitrogens with zero attached hydrogens (tertiary/aromatic N) is 3. The molecule has 1 amide bonds. The quantitative estimate of drug-likeness (QED) is 0.634. The Morgan fingerprint density at radius 1 is 1.10 bits per heavy atom. The first kappa shape index (κ1) is 21.2. The smallest absolute Gasteiger partial charge is 0.291 e. The van der Waals surface area contributed by atoms with Crippen molar-refractivity contribution in [1.82, 2.24) is 9.47 Å². The number of anilines is 2. The summed E-state index contributed by atoms with van der Waals surface area (Å²) in [4.78, 5) is 29.4. The Balaban J connectivity index is 1.49. The van der Waals surface area contributed by atoms with E-state index in [1.807, 2.05) is 12.1 Å². The predicted octanol–water partition coefficient (Wildman–Crippen LogP) is 3.54. The number of aromatic nitrogens is 1. The number of carbonyl (C=O) groups is 1.